The predicted molar refractivity (Wildman–Crippen MR) is 143 cm³/mol. The highest BCUT2D eigenvalue weighted by molar-refractivity contribution is 7.60. The molecule has 0 aromatic heterocycles. The lowest BCUT2D eigenvalue weighted by Crippen LogP contribution is -2.48. The summed E-state index contributed by atoms with van der Waals surface area (Å²) in [7, 11) is -4.52. The number of nitrogens with one attached hydrogen (secondary N) is 2. The van der Waals surface area contributed by atoms with E-state index in [1.54, 1.807) is 19.9 Å². The van der Waals surface area contributed by atoms with E-state index in [-0.39, 0.29) is 17.9 Å². The van der Waals surface area contributed by atoms with Crippen molar-refractivity contribution in [1.29, 1.82) is 0 Å². The fraction of sp³-hybridized carbons (Fsp3) is 0.654. The van der Waals surface area contributed by atoms with Gasteiger partial charge in [0.05, 0.1) is 36.6 Å². The zero-order valence-corrected chi connectivity index (χ0v) is 23.8. The molecular formula is C26H42N3O9P. The maximum absolute atomic E-state index is 12.9. The molecule has 1 aromatic carbocycles. The van der Waals surface area contributed by atoms with Gasteiger partial charge in [0.15, 0.2) is 0 Å². The van der Waals surface area contributed by atoms with Gasteiger partial charge in [-0.2, -0.15) is 0 Å². The average molecular weight is 572 g/mol. The number of amides is 3. The lowest BCUT2D eigenvalue weighted by atomic mass is 9.90. The zero-order chi connectivity index (χ0) is 29.0. The van der Waals surface area contributed by atoms with Gasteiger partial charge < -0.3 is 29.9 Å². The van der Waals surface area contributed by atoms with Crippen molar-refractivity contribution in [3.8, 4) is 5.75 Å². The fourth-order valence-electron chi connectivity index (χ4n) is 4.77. The van der Waals surface area contributed by atoms with Crippen LogP contribution in [-0.4, -0.2) is 63.7 Å². The molecule has 2 rings (SSSR count). The molecule has 1 heterocycles. The number of hydrogen-bond donors (Lipinski definition) is 5. The van der Waals surface area contributed by atoms with Gasteiger partial charge in [0.2, 0.25) is 12.3 Å². The number of ether oxygens (including phenoxy) is 2. The molecule has 1 aliphatic heterocycles. The van der Waals surface area contributed by atoms with Gasteiger partial charge in [0, 0.05) is 0 Å². The maximum atomic E-state index is 12.9. The summed E-state index contributed by atoms with van der Waals surface area (Å²) >= 11 is 0. The van der Waals surface area contributed by atoms with E-state index in [9.17, 15) is 33.9 Å². The van der Waals surface area contributed by atoms with Crippen LogP contribution in [0.4, 0.5) is 0 Å². The van der Waals surface area contributed by atoms with E-state index >= 15 is 0 Å². The largest absolute Gasteiger partial charge is 0.494 e. The Morgan fingerprint density at radius 2 is 1.90 bits per heavy atom. The third-order valence-electron chi connectivity index (χ3n) is 6.81. The summed E-state index contributed by atoms with van der Waals surface area (Å²) in [6.07, 6.45) is 4.41. The van der Waals surface area contributed by atoms with E-state index in [0.717, 1.165) is 25.7 Å². The molecule has 3 amide bonds. The van der Waals surface area contributed by atoms with Crippen molar-refractivity contribution in [3.05, 3.63) is 23.8 Å². The topological polar surface area (TPSA) is 175 Å². The molecule has 0 bridgehead atoms. The maximum Gasteiger partial charge on any atom is 0.356 e. The molecule has 13 heteroatoms. The van der Waals surface area contributed by atoms with Gasteiger partial charge in [-0.15, -0.1) is 0 Å². The Balaban J connectivity index is 1.97. The molecule has 1 saturated heterocycles. The smallest absolute Gasteiger partial charge is 0.356 e. The van der Waals surface area contributed by atoms with Crippen molar-refractivity contribution >= 4 is 31.1 Å². The number of rotatable bonds is 17. The van der Waals surface area contributed by atoms with E-state index in [0.29, 0.717) is 55.1 Å². The Hall–Kier alpha value is -2.50. The number of hydroxylamine groups is 2. The van der Waals surface area contributed by atoms with Gasteiger partial charge in [-0.25, -0.2) is 5.06 Å². The highest BCUT2D eigenvalue weighted by Gasteiger charge is 2.34. The molecule has 0 radical (unpaired) electrons. The van der Waals surface area contributed by atoms with E-state index in [2.05, 4.69) is 17.6 Å². The molecule has 1 fully saturated rings. The molecule has 220 valence electrons. The van der Waals surface area contributed by atoms with E-state index in [1.807, 2.05) is 0 Å². The minimum atomic E-state index is -4.52. The summed E-state index contributed by atoms with van der Waals surface area (Å²) < 4.78 is 23.1. The highest BCUT2D eigenvalue weighted by Crippen LogP contribution is 2.39. The Morgan fingerprint density at radius 3 is 2.51 bits per heavy atom. The van der Waals surface area contributed by atoms with Crippen molar-refractivity contribution in [3.63, 3.8) is 0 Å². The van der Waals surface area contributed by atoms with Crippen LogP contribution in [-0.2, 0) is 23.7 Å². The third-order valence-corrected chi connectivity index (χ3v) is 7.74. The molecule has 12 nitrogen and oxygen atoms in total. The molecule has 1 aromatic rings. The second kappa shape index (κ2) is 15.9. The minimum Gasteiger partial charge on any atom is -0.494 e. The SMILES string of the molecule is CCCCCC[C@@H](C(=O)NCNC(=O)C1CCC(c2cc(OCC)cc(P(=O)(O)O)c2)O1)[C@@H](CC)N(O)C=O. The van der Waals surface area contributed by atoms with Crippen LogP contribution in [0.5, 0.6) is 5.75 Å². The number of hydrogen-bond acceptors (Lipinski definition) is 7. The number of unbranched alkanes of at least 4 members (excludes halogenated alkanes) is 3. The molecule has 0 spiro atoms. The summed E-state index contributed by atoms with van der Waals surface area (Å²) in [5, 5.41) is 15.6. The van der Waals surface area contributed by atoms with Crippen molar-refractivity contribution in [2.24, 2.45) is 5.92 Å². The van der Waals surface area contributed by atoms with Crippen LogP contribution >= 0.6 is 7.60 Å². The van der Waals surface area contributed by atoms with Crippen LogP contribution in [0.15, 0.2) is 18.2 Å². The molecule has 0 aliphatic carbocycles. The number of nitrogens with zero attached hydrogens (tertiary/aromatic N) is 1. The average Bonchev–Trinajstić information content (AvgIpc) is 3.40. The van der Waals surface area contributed by atoms with E-state index < -0.39 is 37.7 Å². The first kappa shape index (κ1) is 32.7. The summed E-state index contributed by atoms with van der Waals surface area (Å²) in [6, 6.07) is 3.62. The molecule has 5 N–H and O–H groups in total. The second-order valence-electron chi connectivity index (χ2n) is 9.60. The second-order valence-corrected chi connectivity index (χ2v) is 11.2. The lowest BCUT2D eigenvalue weighted by Gasteiger charge is -2.29. The van der Waals surface area contributed by atoms with E-state index in [1.165, 1.54) is 12.1 Å². The first-order valence-corrected chi connectivity index (χ1v) is 15.1. The monoisotopic (exact) mass is 571 g/mol. The number of benzene rings is 1. The summed E-state index contributed by atoms with van der Waals surface area (Å²) in [4.78, 5) is 56.0. The molecule has 39 heavy (non-hydrogen) atoms. The first-order chi connectivity index (χ1) is 18.5. The van der Waals surface area contributed by atoms with Crippen LogP contribution in [0.3, 0.4) is 0 Å². The summed E-state index contributed by atoms with van der Waals surface area (Å²) in [5.41, 5.74) is 0.503. The standard InChI is InChI=1S/C26H42N3O9P/c1-4-7-8-9-10-21(22(5-2)29(33)17-30)25(31)27-16-28-26(32)24-12-11-23(38-24)18-13-19(37-6-3)15-20(14-18)39(34,35)36/h13-15,17,21-24,33H,4-12,16H2,1-3H3,(H,27,31)(H,28,32)(H2,34,35,36)/t21-,22-,23?,24?/m1/s1. The summed E-state index contributed by atoms with van der Waals surface area (Å²) in [5.74, 6) is -1.13. The van der Waals surface area contributed by atoms with Crippen LogP contribution in [0.2, 0.25) is 0 Å². The van der Waals surface area contributed by atoms with Crippen molar-refractivity contribution in [2.45, 2.75) is 90.4 Å². The quantitative estimate of drug-likeness (QED) is 0.0470. The Labute approximate surface area is 229 Å². The predicted octanol–water partition coefficient (Wildman–Crippen LogP) is 2.51. The Kier molecular flexibility index (Phi) is 13.4. The lowest BCUT2D eigenvalue weighted by molar-refractivity contribution is -0.168. The minimum absolute atomic E-state index is 0.154. The van der Waals surface area contributed by atoms with E-state index in [4.69, 9.17) is 9.47 Å². The Bertz CT molecular complexity index is 1000. The van der Waals surface area contributed by atoms with Gasteiger partial charge in [-0.05, 0) is 56.4 Å². The van der Waals surface area contributed by atoms with Gasteiger partial charge in [-0.3, -0.25) is 24.2 Å². The highest BCUT2D eigenvalue weighted by atomic mass is 31.2. The van der Waals surface area contributed by atoms with Crippen molar-refractivity contribution < 1.29 is 43.4 Å². The third kappa shape index (κ3) is 9.88. The van der Waals surface area contributed by atoms with Crippen LogP contribution in [0, 0.1) is 5.92 Å². The zero-order valence-electron chi connectivity index (χ0n) is 22.9. The van der Waals surface area contributed by atoms with Crippen molar-refractivity contribution in [1.82, 2.24) is 15.7 Å². The molecular weight excluding hydrogens is 529 g/mol. The number of carbonyl (C=O) groups is 3. The normalized spacial score (nSPS) is 18.7. The van der Waals surface area contributed by atoms with Crippen LogP contribution in [0.1, 0.15) is 83.8 Å². The van der Waals surface area contributed by atoms with Gasteiger partial charge in [-0.1, -0.05) is 39.5 Å². The number of carbonyl (C=O) groups excluding carboxylic acids is 3. The molecule has 1 aliphatic rings. The molecule has 0 saturated carbocycles. The van der Waals surface area contributed by atoms with Gasteiger partial charge in [0.25, 0.3) is 5.91 Å². The fourth-order valence-corrected chi connectivity index (χ4v) is 5.38. The van der Waals surface area contributed by atoms with Crippen LogP contribution in [0.25, 0.3) is 0 Å². The molecule has 4 atom stereocenters. The van der Waals surface area contributed by atoms with Crippen LogP contribution < -0.4 is 20.7 Å². The summed E-state index contributed by atoms with van der Waals surface area (Å²) in [6.45, 7) is 5.78. The van der Waals surface area contributed by atoms with Crippen molar-refractivity contribution in [2.75, 3.05) is 13.3 Å². The molecule has 2 unspecified atom stereocenters. The Morgan fingerprint density at radius 1 is 1.15 bits per heavy atom. The van der Waals surface area contributed by atoms with Gasteiger partial charge >= 0.3 is 7.60 Å². The first-order valence-electron chi connectivity index (χ1n) is 13.5. The van der Waals surface area contributed by atoms with Gasteiger partial charge in [0.1, 0.15) is 11.9 Å².